The molecule has 1 aliphatic carbocycles. The maximum absolute atomic E-state index is 13.1. The SMILES string of the molecule is CCC(O)c1cc(C)c(Nc2ncccc2-c2cc(NC(=O)[C@@H]3C[C@@H]3F)ncn2)cn1. The number of halogens is 1. The van der Waals surface area contributed by atoms with Crippen molar-refractivity contribution in [3.05, 3.63) is 54.2 Å². The molecular weight excluding hydrogens is 399 g/mol. The fourth-order valence-corrected chi connectivity index (χ4v) is 3.17. The van der Waals surface area contributed by atoms with Gasteiger partial charge in [-0.05, 0) is 43.5 Å². The molecule has 0 radical (unpaired) electrons. The average molecular weight is 422 g/mol. The molecule has 31 heavy (non-hydrogen) atoms. The Morgan fingerprint density at radius 3 is 2.81 bits per heavy atom. The summed E-state index contributed by atoms with van der Waals surface area (Å²) in [6.45, 7) is 3.82. The first-order valence-electron chi connectivity index (χ1n) is 10.1. The number of carbonyl (C=O) groups excluding carboxylic acids is 1. The van der Waals surface area contributed by atoms with Crippen LogP contribution in [0.2, 0.25) is 0 Å². The van der Waals surface area contributed by atoms with Crippen LogP contribution in [0.15, 0.2) is 43.0 Å². The number of carbonyl (C=O) groups is 1. The van der Waals surface area contributed by atoms with E-state index in [1.807, 2.05) is 26.0 Å². The third-order valence-electron chi connectivity index (χ3n) is 5.16. The monoisotopic (exact) mass is 422 g/mol. The summed E-state index contributed by atoms with van der Waals surface area (Å²) in [5, 5.41) is 15.9. The van der Waals surface area contributed by atoms with Crippen LogP contribution in [0.1, 0.15) is 37.1 Å². The van der Waals surface area contributed by atoms with Crippen LogP contribution in [0.5, 0.6) is 0 Å². The molecule has 1 aliphatic rings. The van der Waals surface area contributed by atoms with Crippen molar-refractivity contribution < 1.29 is 14.3 Å². The van der Waals surface area contributed by atoms with Gasteiger partial charge in [0.1, 0.15) is 24.1 Å². The van der Waals surface area contributed by atoms with Crippen molar-refractivity contribution >= 4 is 23.2 Å². The quantitative estimate of drug-likeness (QED) is 0.532. The van der Waals surface area contributed by atoms with Gasteiger partial charge >= 0.3 is 0 Å². The van der Waals surface area contributed by atoms with Crippen molar-refractivity contribution in [1.82, 2.24) is 19.9 Å². The second kappa shape index (κ2) is 8.73. The highest BCUT2D eigenvalue weighted by molar-refractivity contribution is 5.94. The molecule has 9 heteroatoms. The fourth-order valence-electron chi connectivity index (χ4n) is 3.17. The van der Waals surface area contributed by atoms with E-state index in [0.29, 0.717) is 35.0 Å². The lowest BCUT2D eigenvalue weighted by molar-refractivity contribution is -0.117. The van der Waals surface area contributed by atoms with Crippen LogP contribution in [0, 0.1) is 12.8 Å². The molecule has 1 fully saturated rings. The minimum absolute atomic E-state index is 0.252. The van der Waals surface area contributed by atoms with Crippen molar-refractivity contribution in [1.29, 1.82) is 0 Å². The third-order valence-corrected chi connectivity index (χ3v) is 5.16. The Labute approximate surface area is 179 Å². The molecule has 0 saturated heterocycles. The first kappa shape index (κ1) is 20.8. The molecule has 0 spiro atoms. The zero-order valence-electron chi connectivity index (χ0n) is 17.2. The molecule has 3 aromatic heterocycles. The summed E-state index contributed by atoms with van der Waals surface area (Å²) >= 11 is 0. The van der Waals surface area contributed by atoms with E-state index in [4.69, 9.17) is 0 Å². The molecule has 0 aromatic carbocycles. The molecule has 1 amide bonds. The van der Waals surface area contributed by atoms with Crippen LogP contribution in [0.4, 0.5) is 21.7 Å². The molecule has 3 aromatic rings. The topological polar surface area (TPSA) is 113 Å². The highest BCUT2D eigenvalue weighted by Crippen LogP contribution is 2.35. The number of hydrogen-bond acceptors (Lipinski definition) is 7. The number of nitrogens with zero attached hydrogens (tertiary/aromatic N) is 4. The lowest BCUT2D eigenvalue weighted by Crippen LogP contribution is -2.16. The first-order chi connectivity index (χ1) is 15.0. The van der Waals surface area contributed by atoms with Gasteiger partial charge in [-0.1, -0.05) is 6.92 Å². The van der Waals surface area contributed by atoms with Crippen molar-refractivity contribution in [3.63, 3.8) is 0 Å². The van der Waals surface area contributed by atoms with E-state index in [-0.39, 0.29) is 12.3 Å². The number of aliphatic hydroxyl groups is 1. The van der Waals surface area contributed by atoms with E-state index in [0.717, 1.165) is 11.3 Å². The second-order valence-corrected chi connectivity index (χ2v) is 7.51. The zero-order chi connectivity index (χ0) is 22.0. The molecule has 160 valence electrons. The fraction of sp³-hybridized carbons (Fsp3) is 0.318. The summed E-state index contributed by atoms with van der Waals surface area (Å²) in [5.74, 6) is -0.116. The summed E-state index contributed by atoms with van der Waals surface area (Å²) in [4.78, 5) is 29.1. The Morgan fingerprint density at radius 2 is 2.10 bits per heavy atom. The number of nitrogens with one attached hydrogen (secondary N) is 2. The zero-order valence-corrected chi connectivity index (χ0v) is 17.2. The highest BCUT2D eigenvalue weighted by Gasteiger charge is 2.43. The molecule has 1 unspecified atom stereocenters. The summed E-state index contributed by atoms with van der Waals surface area (Å²) in [6.07, 6.45) is 3.83. The Kier molecular flexibility index (Phi) is 5.85. The Balaban J connectivity index is 1.58. The lowest BCUT2D eigenvalue weighted by atomic mass is 10.1. The van der Waals surface area contributed by atoms with E-state index < -0.39 is 18.2 Å². The molecule has 1 saturated carbocycles. The van der Waals surface area contributed by atoms with E-state index in [1.165, 1.54) is 6.33 Å². The average Bonchev–Trinajstić information content (AvgIpc) is 3.52. The van der Waals surface area contributed by atoms with Crippen LogP contribution < -0.4 is 10.6 Å². The Morgan fingerprint density at radius 1 is 1.29 bits per heavy atom. The number of aryl methyl sites for hydroxylation is 1. The van der Waals surface area contributed by atoms with Gasteiger partial charge in [-0.3, -0.25) is 9.78 Å². The summed E-state index contributed by atoms with van der Waals surface area (Å²) < 4.78 is 13.1. The van der Waals surface area contributed by atoms with E-state index >= 15 is 0 Å². The Bertz CT molecular complexity index is 1110. The largest absolute Gasteiger partial charge is 0.387 e. The number of rotatable bonds is 7. The van der Waals surface area contributed by atoms with Gasteiger partial charge in [-0.2, -0.15) is 0 Å². The van der Waals surface area contributed by atoms with Crippen LogP contribution in [-0.4, -0.2) is 37.1 Å². The number of aliphatic hydroxyl groups excluding tert-OH is 1. The molecule has 8 nitrogen and oxygen atoms in total. The predicted octanol–water partition coefficient (Wildman–Crippen LogP) is 3.73. The van der Waals surface area contributed by atoms with Crippen LogP contribution >= 0.6 is 0 Å². The molecule has 0 bridgehead atoms. The van der Waals surface area contributed by atoms with Gasteiger partial charge in [-0.25, -0.2) is 19.3 Å². The van der Waals surface area contributed by atoms with E-state index in [1.54, 1.807) is 24.5 Å². The predicted molar refractivity (Wildman–Crippen MR) is 114 cm³/mol. The lowest BCUT2D eigenvalue weighted by Gasteiger charge is -2.14. The van der Waals surface area contributed by atoms with Crippen molar-refractivity contribution in [2.75, 3.05) is 10.6 Å². The second-order valence-electron chi connectivity index (χ2n) is 7.51. The van der Waals surface area contributed by atoms with Gasteiger partial charge in [0, 0.05) is 17.8 Å². The van der Waals surface area contributed by atoms with Gasteiger partial charge < -0.3 is 15.7 Å². The van der Waals surface area contributed by atoms with E-state index in [9.17, 15) is 14.3 Å². The normalized spacial score (nSPS) is 18.3. The van der Waals surface area contributed by atoms with Gasteiger partial charge in [-0.15, -0.1) is 0 Å². The van der Waals surface area contributed by atoms with Gasteiger partial charge in [0.2, 0.25) is 5.91 Å². The molecule has 0 aliphatic heterocycles. The first-order valence-corrected chi connectivity index (χ1v) is 10.1. The molecule has 3 atom stereocenters. The smallest absolute Gasteiger partial charge is 0.231 e. The minimum Gasteiger partial charge on any atom is -0.387 e. The summed E-state index contributed by atoms with van der Waals surface area (Å²) in [5.41, 5.74) is 3.53. The number of amides is 1. The number of anilines is 3. The van der Waals surface area contributed by atoms with E-state index in [2.05, 4.69) is 30.6 Å². The number of alkyl halides is 1. The van der Waals surface area contributed by atoms with Crippen molar-refractivity contribution in [3.8, 4) is 11.3 Å². The van der Waals surface area contributed by atoms with Crippen LogP contribution in [0.3, 0.4) is 0 Å². The number of pyridine rings is 2. The maximum Gasteiger partial charge on any atom is 0.231 e. The molecule has 3 heterocycles. The molecule has 3 N–H and O–H groups in total. The third kappa shape index (κ3) is 4.66. The molecule has 4 rings (SSSR count). The van der Waals surface area contributed by atoms with Crippen molar-refractivity contribution in [2.45, 2.75) is 39.0 Å². The number of hydrogen-bond donors (Lipinski definition) is 3. The van der Waals surface area contributed by atoms with Crippen LogP contribution in [-0.2, 0) is 4.79 Å². The van der Waals surface area contributed by atoms with Gasteiger partial charge in [0.15, 0.2) is 0 Å². The standard InChI is InChI=1S/C22H23FN6O2/c1-3-19(30)17-7-12(2)18(10-25-17)28-21-13(5-4-6-24-21)16-9-20(27-11-26-16)29-22(31)14-8-15(14)23/h4-7,9-11,14-15,19,30H,3,8H2,1-2H3,(H,24,28)(H,26,27,29,31)/t14-,15+,19?/m1/s1. The molecular formula is C22H23FN6O2. The number of aromatic nitrogens is 4. The highest BCUT2D eigenvalue weighted by atomic mass is 19.1. The minimum atomic E-state index is -1.07. The summed E-state index contributed by atoms with van der Waals surface area (Å²) in [7, 11) is 0. The summed E-state index contributed by atoms with van der Waals surface area (Å²) in [6, 6.07) is 7.10. The van der Waals surface area contributed by atoms with Gasteiger partial charge in [0.05, 0.1) is 35.3 Å². The van der Waals surface area contributed by atoms with Crippen LogP contribution in [0.25, 0.3) is 11.3 Å². The van der Waals surface area contributed by atoms with Crippen molar-refractivity contribution in [2.24, 2.45) is 5.92 Å². The van der Waals surface area contributed by atoms with Gasteiger partial charge in [0.25, 0.3) is 0 Å². The maximum atomic E-state index is 13.1. The Hall–Kier alpha value is -3.46.